The van der Waals surface area contributed by atoms with Crippen LogP contribution in [-0.2, 0) is 9.59 Å². The van der Waals surface area contributed by atoms with Crippen LogP contribution in [-0.4, -0.2) is 65.3 Å². The molecule has 0 aliphatic rings. The minimum atomic E-state index is -1.52. The molecule has 0 aromatic heterocycles. The van der Waals surface area contributed by atoms with Gasteiger partial charge in [-0.05, 0) is 49.2 Å². The van der Waals surface area contributed by atoms with Crippen molar-refractivity contribution in [2.45, 2.75) is 25.5 Å². The third-order valence-electron chi connectivity index (χ3n) is 4.47. The average molecular weight is 429 g/mol. The second-order valence-electron chi connectivity index (χ2n) is 7.61. The highest BCUT2D eigenvalue weighted by atomic mass is 16.5. The molecule has 0 aliphatic carbocycles. The number of hydroxylamine groups is 1. The molecule has 0 saturated heterocycles. The van der Waals surface area contributed by atoms with Crippen LogP contribution in [0.2, 0.25) is 0 Å². The molecule has 1 unspecified atom stereocenters. The summed E-state index contributed by atoms with van der Waals surface area (Å²) in [7, 11) is 2.63. The summed E-state index contributed by atoms with van der Waals surface area (Å²) in [6, 6.07) is 12.4. The lowest BCUT2D eigenvalue weighted by Gasteiger charge is -2.25. The van der Waals surface area contributed by atoms with Crippen molar-refractivity contribution in [1.29, 1.82) is 0 Å². The Balaban J connectivity index is 2.14. The van der Waals surface area contributed by atoms with Gasteiger partial charge in [0.2, 0.25) is 0 Å². The molecule has 166 valence electrons. The summed E-state index contributed by atoms with van der Waals surface area (Å²) in [4.78, 5) is 37.4. The van der Waals surface area contributed by atoms with E-state index < -0.39 is 29.4 Å². The van der Waals surface area contributed by atoms with Gasteiger partial charge in [0.25, 0.3) is 17.7 Å². The SMILES string of the molecule is CNC(=O)C(C(=O)NO)N(C)C(=O)c1ccc(-c2ccc(OCC(C)(C)O)cc2)cc1. The molecular weight excluding hydrogens is 402 g/mol. The molecule has 2 aromatic rings. The molecule has 9 heteroatoms. The first-order chi connectivity index (χ1) is 14.6. The lowest BCUT2D eigenvalue weighted by molar-refractivity contribution is -0.140. The maximum absolute atomic E-state index is 12.7. The predicted molar refractivity (Wildman–Crippen MR) is 114 cm³/mol. The number of amides is 3. The topological polar surface area (TPSA) is 128 Å². The van der Waals surface area contributed by atoms with Crippen molar-refractivity contribution >= 4 is 17.7 Å². The number of likely N-dealkylation sites (N-methyl/N-ethyl adjacent to an activating group) is 2. The quantitative estimate of drug-likeness (QED) is 0.284. The van der Waals surface area contributed by atoms with Crippen molar-refractivity contribution in [2.75, 3.05) is 20.7 Å². The fourth-order valence-electron chi connectivity index (χ4n) is 2.80. The standard InChI is InChI=1S/C22H27N3O6/c1-22(2,29)13-31-17-11-9-15(10-12-17)14-5-7-16(8-6-14)21(28)25(4)18(19(26)23-3)20(27)24-30/h5-12,18,29-30H,13H2,1-4H3,(H,23,26)(H,24,27). The molecule has 0 heterocycles. The van der Waals surface area contributed by atoms with Crippen LogP contribution in [0.5, 0.6) is 5.75 Å². The highest BCUT2D eigenvalue weighted by Gasteiger charge is 2.33. The van der Waals surface area contributed by atoms with Gasteiger partial charge in [-0.2, -0.15) is 0 Å². The van der Waals surface area contributed by atoms with Gasteiger partial charge in [0.05, 0.1) is 5.60 Å². The Hall–Kier alpha value is -3.43. The normalized spacial score (nSPS) is 11.9. The first-order valence-corrected chi connectivity index (χ1v) is 9.56. The van der Waals surface area contributed by atoms with E-state index >= 15 is 0 Å². The fraction of sp³-hybridized carbons (Fsp3) is 0.318. The number of carbonyl (C=O) groups excluding carboxylic acids is 3. The first kappa shape index (κ1) is 23.8. The lowest BCUT2D eigenvalue weighted by Crippen LogP contribution is -2.54. The van der Waals surface area contributed by atoms with Crippen molar-refractivity contribution in [2.24, 2.45) is 0 Å². The zero-order valence-electron chi connectivity index (χ0n) is 17.9. The third kappa shape index (κ3) is 6.27. The van der Waals surface area contributed by atoms with Gasteiger partial charge in [-0.3, -0.25) is 19.6 Å². The van der Waals surface area contributed by atoms with Crippen LogP contribution in [0.25, 0.3) is 11.1 Å². The van der Waals surface area contributed by atoms with E-state index in [-0.39, 0.29) is 12.2 Å². The van der Waals surface area contributed by atoms with Crippen LogP contribution in [0.15, 0.2) is 48.5 Å². The molecule has 0 saturated carbocycles. The number of benzene rings is 2. The van der Waals surface area contributed by atoms with Crippen molar-refractivity contribution < 1.29 is 29.4 Å². The monoisotopic (exact) mass is 429 g/mol. The second-order valence-corrected chi connectivity index (χ2v) is 7.61. The molecule has 2 aromatic carbocycles. The van der Waals surface area contributed by atoms with Gasteiger partial charge in [0.1, 0.15) is 12.4 Å². The minimum absolute atomic E-state index is 0.169. The average Bonchev–Trinajstić information content (AvgIpc) is 2.76. The van der Waals surface area contributed by atoms with Gasteiger partial charge >= 0.3 is 0 Å². The van der Waals surface area contributed by atoms with Crippen LogP contribution < -0.4 is 15.5 Å². The highest BCUT2D eigenvalue weighted by Crippen LogP contribution is 2.24. The van der Waals surface area contributed by atoms with Crippen molar-refractivity contribution in [3.8, 4) is 16.9 Å². The number of nitrogens with one attached hydrogen (secondary N) is 2. The Kier molecular flexibility index (Phi) is 7.73. The molecule has 0 radical (unpaired) electrons. The van der Waals surface area contributed by atoms with Gasteiger partial charge in [-0.25, -0.2) is 5.48 Å². The van der Waals surface area contributed by atoms with Crippen LogP contribution in [0.4, 0.5) is 0 Å². The highest BCUT2D eigenvalue weighted by molar-refractivity contribution is 6.08. The van der Waals surface area contributed by atoms with Gasteiger partial charge in [0, 0.05) is 19.7 Å². The molecule has 4 N–H and O–H groups in total. The Morgan fingerprint density at radius 3 is 1.97 bits per heavy atom. The van der Waals surface area contributed by atoms with Crippen molar-refractivity contribution in [3.05, 3.63) is 54.1 Å². The van der Waals surface area contributed by atoms with E-state index in [4.69, 9.17) is 9.94 Å². The van der Waals surface area contributed by atoms with Crippen molar-refractivity contribution in [3.63, 3.8) is 0 Å². The summed E-state index contributed by atoms with van der Waals surface area (Å²) >= 11 is 0. The number of nitrogens with zero attached hydrogens (tertiary/aromatic N) is 1. The fourth-order valence-corrected chi connectivity index (χ4v) is 2.80. The molecule has 0 aliphatic heterocycles. The second kappa shape index (κ2) is 10.1. The number of rotatable bonds is 8. The smallest absolute Gasteiger partial charge is 0.275 e. The third-order valence-corrected chi connectivity index (χ3v) is 4.47. The van der Waals surface area contributed by atoms with E-state index in [1.807, 2.05) is 12.1 Å². The maximum atomic E-state index is 12.7. The van der Waals surface area contributed by atoms with E-state index in [1.165, 1.54) is 19.6 Å². The van der Waals surface area contributed by atoms with Gasteiger partial charge in [0.15, 0.2) is 6.04 Å². The maximum Gasteiger partial charge on any atom is 0.275 e. The number of hydrogen-bond donors (Lipinski definition) is 4. The Morgan fingerprint density at radius 2 is 1.52 bits per heavy atom. The van der Waals surface area contributed by atoms with Crippen LogP contribution >= 0.6 is 0 Å². The molecule has 9 nitrogen and oxygen atoms in total. The van der Waals surface area contributed by atoms with Crippen LogP contribution in [0.1, 0.15) is 24.2 Å². The zero-order valence-corrected chi connectivity index (χ0v) is 17.9. The Bertz CT molecular complexity index is 904. The molecule has 2 rings (SSSR count). The largest absolute Gasteiger partial charge is 0.491 e. The summed E-state index contributed by atoms with van der Waals surface area (Å²) in [6.07, 6.45) is 0. The van der Waals surface area contributed by atoms with E-state index in [9.17, 15) is 19.5 Å². The predicted octanol–water partition coefficient (Wildman–Crippen LogP) is 1.20. The minimum Gasteiger partial charge on any atom is -0.491 e. The molecule has 0 spiro atoms. The number of hydrogen-bond acceptors (Lipinski definition) is 6. The van der Waals surface area contributed by atoms with Crippen LogP contribution in [0, 0.1) is 0 Å². The lowest BCUT2D eigenvalue weighted by atomic mass is 10.0. The van der Waals surface area contributed by atoms with Crippen molar-refractivity contribution in [1.82, 2.24) is 15.7 Å². The number of aliphatic hydroxyl groups is 1. The van der Waals surface area contributed by atoms with E-state index in [1.54, 1.807) is 50.2 Å². The summed E-state index contributed by atoms with van der Waals surface area (Å²) < 4.78 is 5.53. The van der Waals surface area contributed by atoms with E-state index in [0.717, 1.165) is 16.0 Å². The Labute approximate surface area is 180 Å². The number of ether oxygens (including phenoxy) is 1. The Morgan fingerprint density at radius 1 is 1.00 bits per heavy atom. The molecule has 0 fully saturated rings. The van der Waals surface area contributed by atoms with E-state index in [2.05, 4.69) is 5.32 Å². The molecular formula is C22H27N3O6. The summed E-state index contributed by atoms with van der Waals surface area (Å²) in [5.41, 5.74) is 2.49. The summed E-state index contributed by atoms with van der Waals surface area (Å²) in [5.74, 6) is -1.68. The summed E-state index contributed by atoms with van der Waals surface area (Å²) in [5, 5.41) is 20.9. The first-order valence-electron chi connectivity index (χ1n) is 9.56. The number of carbonyl (C=O) groups is 3. The van der Waals surface area contributed by atoms with Gasteiger partial charge < -0.3 is 20.1 Å². The van der Waals surface area contributed by atoms with Gasteiger partial charge in [-0.1, -0.05) is 24.3 Å². The summed E-state index contributed by atoms with van der Waals surface area (Å²) in [6.45, 7) is 3.49. The molecule has 1 atom stereocenters. The zero-order chi connectivity index (χ0) is 23.2. The van der Waals surface area contributed by atoms with E-state index in [0.29, 0.717) is 5.75 Å². The molecule has 0 bridgehead atoms. The molecule has 3 amide bonds. The van der Waals surface area contributed by atoms with Gasteiger partial charge in [-0.15, -0.1) is 0 Å². The van der Waals surface area contributed by atoms with Crippen LogP contribution in [0.3, 0.4) is 0 Å². The molecule has 31 heavy (non-hydrogen) atoms.